The van der Waals surface area contributed by atoms with E-state index in [4.69, 9.17) is 0 Å². The highest BCUT2D eigenvalue weighted by Gasteiger charge is 2.40. The zero-order valence-electron chi connectivity index (χ0n) is 13.7. The van der Waals surface area contributed by atoms with Crippen LogP contribution in [0.2, 0.25) is 0 Å². The highest BCUT2D eigenvalue weighted by atomic mass is 16.6. The van der Waals surface area contributed by atoms with E-state index in [-0.39, 0.29) is 12.1 Å². The van der Waals surface area contributed by atoms with Crippen LogP contribution in [0.15, 0.2) is 18.2 Å². The van der Waals surface area contributed by atoms with E-state index in [9.17, 15) is 24.8 Å². The Balaban J connectivity index is 2.16. The van der Waals surface area contributed by atoms with Crippen molar-refractivity contribution in [3.63, 3.8) is 0 Å². The van der Waals surface area contributed by atoms with E-state index in [2.05, 4.69) is 5.32 Å². The lowest BCUT2D eigenvalue weighted by Gasteiger charge is -2.27. The molecule has 0 aliphatic heterocycles. The average Bonchev–Trinajstić information content (AvgIpc) is 2.75. The van der Waals surface area contributed by atoms with E-state index >= 15 is 0 Å². The molecule has 7 heteroatoms. The second kappa shape index (κ2) is 7.42. The fourth-order valence-corrected chi connectivity index (χ4v) is 3.33. The monoisotopic (exact) mass is 334 g/mol. The Morgan fingerprint density at radius 3 is 2.42 bits per heavy atom. The fourth-order valence-electron chi connectivity index (χ4n) is 3.33. The molecule has 1 aromatic carbocycles. The van der Waals surface area contributed by atoms with Gasteiger partial charge in [-0.1, -0.05) is 31.7 Å². The minimum Gasteiger partial charge on any atom is -0.481 e. The highest BCUT2D eigenvalue weighted by molar-refractivity contribution is 5.95. The highest BCUT2D eigenvalue weighted by Crippen LogP contribution is 2.39. The quantitative estimate of drug-likeness (QED) is 0.485. The number of nitrogens with zero attached hydrogens (tertiary/aromatic N) is 1. The first kappa shape index (κ1) is 17.9. The maximum absolute atomic E-state index is 12.4. The number of carboxylic acids is 1. The number of benzene rings is 1. The smallest absolute Gasteiger partial charge is 0.310 e. The lowest BCUT2D eigenvalue weighted by atomic mass is 9.77. The van der Waals surface area contributed by atoms with Gasteiger partial charge in [0.1, 0.15) is 0 Å². The minimum atomic E-state index is -1.03. The first-order valence-electron chi connectivity index (χ1n) is 8.13. The van der Waals surface area contributed by atoms with Gasteiger partial charge in [-0.05, 0) is 25.8 Å². The molecule has 7 nitrogen and oxygen atoms in total. The molecule has 1 aromatic rings. The van der Waals surface area contributed by atoms with Crippen molar-refractivity contribution in [3.8, 4) is 0 Å². The van der Waals surface area contributed by atoms with Gasteiger partial charge in [-0.25, -0.2) is 0 Å². The van der Waals surface area contributed by atoms with Crippen molar-refractivity contribution in [2.24, 2.45) is 5.41 Å². The molecule has 1 saturated carbocycles. The molecule has 0 bridgehead atoms. The van der Waals surface area contributed by atoms with Crippen LogP contribution in [0.1, 0.15) is 50.5 Å². The van der Waals surface area contributed by atoms with Crippen LogP contribution < -0.4 is 5.32 Å². The first-order valence-corrected chi connectivity index (χ1v) is 8.13. The van der Waals surface area contributed by atoms with Gasteiger partial charge in [0.2, 0.25) is 5.91 Å². The van der Waals surface area contributed by atoms with Crippen molar-refractivity contribution in [1.82, 2.24) is 0 Å². The van der Waals surface area contributed by atoms with Gasteiger partial charge in [-0.2, -0.15) is 0 Å². The number of rotatable bonds is 5. The van der Waals surface area contributed by atoms with Gasteiger partial charge in [0.15, 0.2) is 0 Å². The summed E-state index contributed by atoms with van der Waals surface area (Å²) in [5.41, 5.74) is -0.394. The standard InChI is InChI=1S/C17H22N2O5/c1-12-13(7-6-8-14(12)19(23)24)18-15(20)11-17(16(21)22)9-4-2-3-5-10-17/h6-8H,2-5,9-11H2,1H3,(H,18,20)(H,21,22). The van der Waals surface area contributed by atoms with Gasteiger partial charge < -0.3 is 10.4 Å². The molecule has 0 saturated heterocycles. The average molecular weight is 334 g/mol. The molecule has 0 aromatic heterocycles. The fraction of sp³-hybridized carbons (Fsp3) is 0.529. The van der Waals surface area contributed by atoms with Crippen LogP contribution in [0.5, 0.6) is 0 Å². The van der Waals surface area contributed by atoms with Crippen LogP contribution in [0.25, 0.3) is 0 Å². The van der Waals surface area contributed by atoms with Crippen molar-refractivity contribution in [3.05, 3.63) is 33.9 Å². The summed E-state index contributed by atoms with van der Waals surface area (Å²) in [5, 5.41) is 23.2. The number of nitrogens with one attached hydrogen (secondary N) is 1. The van der Waals surface area contributed by atoms with E-state index in [1.807, 2.05) is 0 Å². The van der Waals surface area contributed by atoms with Crippen LogP contribution in [0, 0.1) is 22.5 Å². The van der Waals surface area contributed by atoms with E-state index in [0.717, 1.165) is 25.7 Å². The summed E-state index contributed by atoms with van der Waals surface area (Å²) in [6.07, 6.45) is 4.45. The molecule has 130 valence electrons. The number of nitro groups is 1. The largest absolute Gasteiger partial charge is 0.481 e. The van der Waals surface area contributed by atoms with E-state index < -0.39 is 22.2 Å². The Bertz CT molecular complexity index is 648. The van der Waals surface area contributed by atoms with Gasteiger partial charge in [-0.3, -0.25) is 19.7 Å². The zero-order chi connectivity index (χ0) is 17.7. The van der Waals surface area contributed by atoms with Crippen molar-refractivity contribution >= 4 is 23.3 Å². The third-order valence-corrected chi connectivity index (χ3v) is 4.79. The van der Waals surface area contributed by atoms with Gasteiger partial charge in [0.25, 0.3) is 5.69 Å². The molecule has 1 amide bonds. The molecule has 0 heterocycles. The summed E-state index contributed by atoms with van der Waals surface area (Å²) in [5.74, 6) is -1.35. The number of carboxylic acid groups (broad SMARTS) is 1. The van der Waals surface area contributed by atoms with Gasteiger partial charge in [0, 0.05) is 12.5 Å². The third kappa shape index (κ3) is 3.90. The van der Waals surface area contributed by atoms with Crippen LogP contribution >= 0.6 is 0 Å². The first-order chi connectivity index (χ1) is 11.4. The van der Waals surface area contributed by atoms with Crippen LogP contribution in [-0.2, 0) is 9.59 Å². The van der Waals surface area contributed by atoms with Gasteiger partial charge in [0.05, 0.1) is 21.6 Å². The van der Waals surface area contributed by atoms with Gasteiger partial charge in [-0.15, -0.1) is 0 Å². The predicted molar refractivity (Wildman–Crippen MR) is 88.9 cm³/mol. The van der Waals surface area contributed by atoms with Crippen molar-refractivity contribution in [1.29, 1.82) is 0 Å². The number of hydrogen-bond donors (Lipinski definition) is 2. The van der Waals surface area contributed by atoms with Crippen molar-refractivity contribution in [2.45, 2.75) is 51.9 Å². The Labute approximate surface area is 140 Å². The summed E-state index contributed by atoms with van der Waals surface area (Å²) >= 11 is 0. The number of aliphatic carboxylic acids is 1. The Kier molecular flexibility index (Phi) is 5.54. The molecular weight excluding hydrogens is 312 g/mol. The molecule has 1 fully saturated rings. The van der Waals surface area contributed by atoms with E-state index in [1.165, 1.54) is 12.1 Å². The molecule has 0 radical (unpaired) electrons. The second-order valence-electron chi connectivity index (χ2n) is 6.43. The van der Waals surface area contributed by atoms with Crippen molar-refractivity contribution in [2.75, 3.05) is 5.32 Å². The SMILES string of the molecule is Cc1c(NC(=O)CC2(C(=O)O)CCCCCC2)cccc1[N+](=O)[O-]. The predicted octanol–water partition coefficient (Wildman–Crippen LogP) is 3.66. The van der Waals surface area contributed by atoms with Gasteiger partial charge >= 0.3 is 5.97 Å². The molecule has 0 unspecified atom stereocenters. The number of hydrogen-bond acceptors (Lipinski definition) is 4. The maximum Gasteiger partial charge on any atom is 0.310 e. The van der Waals surface area contributed by atoms with Crippen LogP contribution in [0.4, 0.5) is 11.4 Å². The summed E-state index contributed by atoms with van der Waals surface area (Å²) < 4.78 is 0. The number of carbonyl (C=O) groups excluding carboxylic acids is 1. The van der Waals surface area contributed by atoms with Crippen LogP contribution in [0.3, 0.4) is 0 Å². The normalized spacial score (nSPS) is 16.9. The number of nitro benzene ring substituents is 1. The molecule has 1 aliphatic rings. The molecule has 2 rings (SSSR count). The number of amides is 1. The number of anilines is 1. The Morgan fingerprint density at radius 2 is 1.88 bits per heavy atom. The summed E-state index contributed by atoms with van der Waals surface area (Å²) in [6.45, 7) is 1.56. The minimum absolute atomic E-state index is 0.0739. The molecular formula is C17H22N2O5. The number of carbonyl (C=O) groups is 2. The van der Waals surface area contributed by atoms with Crippen molar-refractivity contribution < 1.29 is 19.6 Å². The lowest BCUT2D eigenvalue weighted by Crippen LogP contribution is -2.35. The van der Waals surface area contributed by atoms with Crippen LogP contribution in [-0.4, -0.2) is 21.9 Å². The third-order valence-electron chi connectivity index (χ3n) is 4.79. The molecule has 2 N–H and O–H groups in total. The second-order valence-corrected chi connectivity index (χ2v) is 6.43. The Hall–Kier alpha value is -2.44. The molecule has 1 aliphatic carbocycles. The summed E-state index contributed by atoms with van der Waals surface area (Å²) in [7, 11) is 0. The lowest BCUT2D eigenvalue weighted by molar-refractivity contribution is -0.385. The Morgan fingerprint density at radius 1 is 1.25 bits per heavy atom. The van der Waals surface area contributed by atoms with E-state index in [0.29, 0.717) is 24.1 Å². The molecule has 0 atom stereocenters. The summed E-state index contributed by atoms with van der Waals surface area (Å²) in [6, 6.07) is 4.45. The topological polar surface area (TPSA) is 110 Å². The molecule has 0 spiro atoms. The summed E-state index contributed by atoms with van der Waals surface area (Å²) in [4.78, 5) is 34.6. The molecule has 24 heavy (non-hydrogen) atoms. The maximum atomic E-state index is 12.4. The van der Waals surface area contributed by atoms with E-state index in [1.54, 1.807) is 13.0 Å². The zero-order valence-corrected chi connectivity index (χ0v) is 13.7.